The number of rotatable bonds is 2. The Kier molecular flexibility index (Phi) is 4.81. The lowest BCUT2D eigenvalue weighted by Crippen LogP contribution is -2.24. The average molecular weight is 309 g/mol. The third kappa shape index (κ3) is 4.18. The van der Waals surface area contributed by atoms with E-state index in [0.29, 0.717) is 0 Å². The van der Waals surface area contributed by atoms with E-state index in [1.54, 1.807) is 0 Å². The first kappa shape index (κ1) is 13.1. The minimum absolute atomic E-state index is 0.189. The van der Waals surface area contributed by atoms with Crippen molar-refractivity contribution >= 4 is 27.6 Å². The van der Waals surface area contributed by atoms with Crippen molar-refractivity contribution < 1.29 is 4.79 Å². The molecule has 96 valence electrons. The maximum absolute atomic E-state index is 11.7. The standard InChI is InChI=1S/C14H17BrN2O/c15-12-7-4-8-13(9-12)17-14(18)16-10-11-5-2-1-3-6-11/h4,7-10H,1-3,5-6H2,(H2,16,17,18). The normalized spacial score (nSPS) is 15.1. The molecule has 2 N–H and O–H groups in total. The Hall–Kier alpha value is -1.29. The summed E-state index contributed by atoms with van der Waals surface area (Å²) < 4.78 is 0.950. The number of urea groups is 1. The van der Waals surface area contributed by atoms with Crippen LogP contribution in [0.3, 0.4) is 0 Å². The summed E-state index contributed by atoms with van der Waals surface area (Å²) in [4.78, 5) is 11.7. The summed E-state index contributed by atoms with van der Waals surface area (Å²) in [6, 6.07) is 7.35. The van der Waals surface area contributed by atoms with Gasteiger partial charge in [0.25, 0.3) is 0 Å². The van der Waals surface area contributed by atoms with Gasteiger partial charge < -0.3 is 10.6 Å². The number of carbonyl (C=O) groups is 1. The molecule has 3 nitrogen and oxygen atoms in total. The molecular weight excluding hydrogens is 292 g/mol. The van der Waals surface area contributed by atoms with Gasteiger partial charge in [-0.2, -0.15) is 0 Å². The zero-order chi connectivity index (χ0) is 12.8. The Morgan fingerprint density at radius 3 is 2.72 bits per heavy atom. The van der Waals surface area contributed by atoms with E-state index >= 15 is 0 Å². The molecule has 1 aromatic carbocycles. The zero-order valence-electron chi connectivity index (χ0n) is 10.2. The number of allylic oxidation sites excluding steroid dienone is 1. The Morgan fingerprint density at radius 2 is 2.00 bits per heavy atom. The van der Waals surface area contributed by atoms with Gasteiger partial charge in [-0.25, -0.2) is 4.79 Å². The van der Waals surface area contributed by atoms with E-state index in [4.69, 9.17) is 0 Å². The zero-order valence-corrected chi connectivity index (χ0v) is 11.8. The monoisotopic (exact) mass is 308 g/mol. The second kappa shape index (κ2) is 6.59. The van der Waals surface area contributed by atoms with Gasteiger partial charge in [0.15, 0.2) is 0 Å². The van der Waals surface area contributed by atoms with Gasteiger partial charge in [-0.15, -0.1) is 0 Å². The SMILES string of the molecule is O=C(NC=C1CCCCC1)Nc1cccc(Br)c1. The molecule has 0 radical (unpaired) electrons. The van der Waals surface area contributed by atoms with Crippen molar-refractivity contribution in [1.82, 2.24) is 5.32 Å². The van der Waals surface area contributed by atoms with Crippen LogP contribution in [0.5, 0.6) is 0 Å². The number of carbonyl (C=O) groups excluding carboxylic acids is 1. The van der Waals surface area contributed by atoms with Crippen LogP contribution in [0.15, 0.2) is 40.5 Å². The van der Waals surface area contributed by atoms with Crippen LogP contribution in [0.4, 0.5) is 10.5 Å². The molecule has 2 amide bonds. The molecule has 0 bridgehead atoms. The summed E-state index contributed by atoms with van der Waals surface area (Å²) in [5.74, 6) is 0. The largest absolute Gasteiger partial charge is 0.323 e. The van der Waals surface area contributed by atoms with E-state index in [2.05, 4.69) is 26.6 Å². The highest BCUT2D eigenvalue weighted by Crippen LogP contribution is 2.21. The van der Waals surface area contributed by atoms with Gasteiger partial charge in [0.05, 0.1) is 0 Å². The first-order valence-electron chi connectivity index (χ1n) is 6.25. The third-order valence-electron chi connectivity index (χ3n) is 2.99. The first-order valence-corrected chi connectivity index (χ1v) is 7.04. The fraction of sp³-hybridized carbons (Fsp3) is 0.357. The highest BCUT2D eigenvalue weighted by atomic mass is 79.9. The molecule has 4 heteroatoms. The van der Waals surface area contributed by atoms with Crippen molar-refractivity contribution in [1.29, 1.82) is 0 Å². The predicted molar refractivity (Wildman–Crippen MR) is 77.5 cm³/mol. The van der Waals surface area contributed by atoms with Crippen LogP contribution in [0.25, 0.3) is 0 Å². The maximum atomic E-state index is 11.7. The molecule has 1 aliphatic rings. The highest BCUT2D eigenvalue weighted by Gasteiger charge is 2.06. The first-order chi connectivity index (χ1) is 8.74. The second-order valence-corrected chi connectivity index (χ2v) is 5.39. The van der Waals surface area contributed by atoms with Crippen LogP contribution in [0.1, 0.15) is 32.1 Å². The van der Waals surface area contributed by atoms with E-state index in [1.165, 1.54) is 24.8 Å². The number of halogens is 1. The number of hydrogen-bond donors (Lipinski definition) is 2. The van der Waals surface area contributed by atoms with Crippen molar-refractivity contribution in [3.05, 3.63) is 40.5 Å². The molecule has 0 aliphatic heterocycles. The summed E-state index contributed by atoms with van der Waals surface area (Å²) in [6.07, 6.45) is 7.85. The van der Waals surface area contributed by atoms with E-state index in [0.717, 1.165) is 23.0 Å². The summed E-state index contributed by atoms with van der Waals surface area (Å²) in [5.41, 5.74) is 2.12. The molecule has 1 fully saturated rings. The lowest BCUT2D eigenvalue weighted by Gasteiger charge is -2.13. The predicted octanol–water partition coefficient (Wildman–Crippen LogP) is 4.42. The molecule has 0 spiro atoms. The molecule has 0 unspecified atom stereocenters. The van der Waals surface area contributed by atoms with Crippen LogP contribution in [-0.4, -0.2) is 6.03 Å². The molecule has 1 saturated carbocycles. The molecule has 18 heavy (non-hydrogen) atoms. The summed E-state index contributed by atoms with van der Waals surface area (Å²) in [7, 11) is 0. The Bertz CT molecular complexity index is 449. The fourth-order valence-corrected chi connectivity index (χ4v) is 2.45. The van der Waals surface area contributed by atoms with Gasteiger partial charge in [0.1, 0.15) is 0 Å². The molecule has 0 heterocycles. The van der Waals surface area contributed by atoms with Crippen molar-refractivity contribution in [3.8, 4) is 0 Å². The quantitative estimate of drug-likeness (QED) is 0.834. The van der Waals surface area contributed by atoms with Gasteiger partial charge in [-0.1, -0.05) is 34.0 Å². The third-order valence-corrected chi connectivity index (χ3v) is 3.48. The smallest absolute Gasteiger partial charge is 0.314 e. The van der Waals surface area contributed by atoms with Gasteiger partial charge in [-0.3, -0.25) is 0 Å². The Balaban J connectivity index is 1.85. The molecule has 0 saturated heterocycles. The number of benzene rings is 1. The summed E-state index contributed by atoms with van der Waals surface area (Å²) in [5, 5.41) is 5.59. The van der Waals surface area contributed by atoms with Crippen molar-refractivity contribution in [2.75, 3.05) is 5.32 Å². The molecular formula is C14H17BrN2O. The number of nitrogens with one attached hydrogen (secondary N) is 2. The molecule has 0 atom stereocenters. The van der Waals surface area contributed by atoms with E-state index in [9.17, 15) is 4.79 Å². The summed E-state index contributed by atoms with van der Waals surface area (Å²) in [6.45, 7) is 0. The maximum Gasteiger partial charge on any atom is 0.323 e. The molecule has 2 rings (SSSR count). The number of hydrogen-bond acceptors (Lipinski definition) is 1. The van der Waals surface area contributed by atoms with Crippen LogP contribution in [-0.2, 0) is 0 Å². The number of amides is 2. The highest BCUT2D eigenvalue weighted by molar-refractivity contribution is 9.10. The Labute approximate surface area is 116 Å². The van der Waals surface area contributed by atoms with Gasteiger partial charge in [-0.05, 0) is 43.9 Å². The molecule has 1 aromatic rings. The van der Waals surface area contributed by atoms with Gasteiger partial charge in [0.2, 0.25) is 0 Å². The topological polar surface area (TPSA) is 41.1 Å². The summed E-state index contributed by atoms with van der Waals surface area (Å²) >= 11 is 3.37. The lowest BCUT2D eigenvalue weighted by atomic mass is 9.96. The fourth-order valence-electron chi connectivity index (χ4n) is 2.05. The minimum Gasteiger partial charge on any atom is -0.314 e. The average Bonchev–Trinajstić information content (AvgIpc) is 2.38. The van der Waals surface area contributed by atoms with Crippen molar-refractivity contribution in [2.24, 2.45) is 0 Å². The van der Waals surface area contributed by atoms with Crippen molar-refractivity contribution in [2.45, 2.75) is 32.1 Å². The van der Waals surface area contributed by atoms with Crippen LogP contribution in [0.2, 0.25) is 0 Å². The van der Waals surface area contributed by atoms with E-state index in [1.807, 2.05) is 30.5 Å². The lowest BCUT2D eigenvalue weighted by molar-refractivity contribution is 0.255. The molecule has 1 aliphatic carbocycles. The Morgan fingerprint density at radius 1 is 1.22 bits per heavy atom. The number of anilines is 1. The van der Waals surface area contributed by atoms with Gasteiger partial charge in [0, 0.05) is 16.4 Å². The molecule has 0 aromatic heterocycles. The van der Waals surface area contributed by atoms with Gasteiger partial charge >= 0.3 is 6.03 Å². The van der Waals surface area contributed by atoms with Crippen molar-refractivity contribution in [3.63, 3.8) is 0 Å². The minimum atomic E-state index is -0.189. The van der Waals surface area contributed by atoms with Crippen LogP contribution >= 0.6 is 15.9 Å². The van der Waals surface area contributed by atoms with Crippen LogP contribution < -0.4 is 10.6 Å². The van der Waals surface area contributed by atoms with E-state index < -0.39 is 0 Å². The second-order valence-electron chi connectivity index (χ2n) is 4.47. The van der Waals surface area contributed by atoms with Crippen LogP contribution in [0, 0.1) is 0 Å². The van der Waals surface area contributed by atoms with E-state index in [-0.39, 0.29) is 6.03 Å².